The summed E-state index contributed by atoms with van der Waals surface area (Å²) in [4.78, 5) is 28.4. The van der Waals surface area contributed by atoms with Gasteiger partial charge < -0.3 is 20.3 Å². The topological polar surface area (TPSA) is 73.9 Å². The van der Waals surface area contributed by atoms with Gasteiger partial charge in [0.1, 0.15) is 6.10 Å². The molecule has 0 radical (unpaired) electrons. The van der Waals surface area contributed by atoms with E-state index in [0.717, 1.165) is 12.1 Å². The van der Waals surface area contributed by atoms with Gasteiger partial charge in [-0.25, -0.2) is 0 Å². The zero-order chi connectivity index (χ0) is 17.5. The van der Waals surface area contributed by atoms with E-state index in [4.69, 9.17) is 4.74 Å². The highest BCUT2D eigenvalue weighted by Crippen LogP contribution is 2.07. The number of nitrogens with one attached hydrogen (secondary N) is 2. The first-order valence-corrected chi connectivity index (χ1v) is 8.86. The fourth-order valence-electron chi connectivity index (χ4n) is 3.11. The third-order valence-corrected chi connectivity index (χ3v) is 4.59. The van der Waals surface area contributed by atoms with E-state index in [1.807, 2.05) is 35.2 Å². The van der Waals surface area contributed by atoms with Crippen molar-refractivity contribution < 1.29 is 14.3 Å². The summed E-state index contributed by atoms with van der Waals surface area (Å²) in [6, 6.07) is 9.87. The van der Waals surface area contributed by atoms with Crippen molar-refractivity contribution in [3.63, 3.8) is 0 Å². The van der Waals surface area contributed by atoms with E-state index in [1.54, 1.807) is 0 Å². The Bertz CT molecular complexity index is 577. The molecule has 2 amide bonds. The number of benzene rings is 1. The van der Waals surface area contributed by atoms with Gasteiger partial charge in [0, 0.05) is 45.8 Å². The lowest BCUT2D eigenvalue weighted by atomic mass is 10.2. The minimum Gasteiger partial charge on any atom is -0.366 e. The Balaban J connectivity index is 0.00000182. The molecule has 0 saturated carbocycles. The second kappa shape index (κ2) is 12.2. The third-order valence-electron chi connectivity index (χ3n) is 4.59. The van der Waals surface area contributed by atoms with Crippen molar-refractivity contribution in [3.8, 4) is 0 Å². The Labute approximate surface area is 172 Å². The average Bonchev–Trinajstić information content (AvgIpc) is 2.68. The van der Waals surface area contributed by atoms with Crippen molar-refractivity contribution in [3.05, 3.63) is 35.9 Å². The van der Waals surface area contributed by atoms with E-state index in [2.05, 4.69) is 15.5 Å². The fourth-order valence-corrected chi connectivity index (χ4v) is 3.11. The highest BCUT2D eigenvalue weighted by Gasteiger charge is 2.29. The predicted octanol–water partition coefficient (Wildman–Crippen LogP) is 0.279. The fraction of sp³-hybridized carbons (Fsp3) is 0.556. The van der Waals surface area contributed by atoms with Crippen LogP contribution in [0.15, 0.2) is 30.3 Å². The summed E-state index contributed by atoms with van der Waals surface area (Å²) in [7, 11) is 0. The number of ether oxygens (including phenoxy) is 1. The van der Waals surface area contributed by atoms with Gasteiger partial charge in [-0.1, -0.05) is 30.3 Å². The molecule has 1 aromatic carbocycles. The predicted molar refractivity (Wildman–Crippen MR) is 108 cm³/mol. The summed E-state index contributed by atoms with van der Waals surface area (Å²) in [5, 5.41) is 6.12. The Morgan fingerprint density at radius 2 is 1.81 bits per heavy atom. The number of nitrogens with zero attached hydrogens (tertiary/aromatic N) is 2. The maximum absolute atomic E-state index is 12.4. The lowest BCUT2D eigenvalue weighted by Gasteiger charge is -2.36. The van der Waals surface area contributed by atoms with Crippen LogP contribution < -0.4 is 10.6 Å². The van der Waals surface area contributed by atoms with E-state index in [0.29, 0.717) is 52.4 Å². The molecule has 27 heavy (non-hydrogen) atoms. The van der Waals surface area contributed by atoms with Gasteiger partial charge in [-0.3, -0.25) is 14.5 Å². The highest BCUT2D eigenvalue weighted by molar-refractivity contribution is 5.85. The van der Waals surface area contributed by atoms with Crippen LogP contribution in [0, 0.1) is 0 Å². The molecule has 2 N–H and O–H groups in total. The quantitative estimate of drug-likeness (QED) is 0.718. The van der Waals surface area contributed by atoms with Crippen LogP contribution >= 0.6 is 24.8 Å². The minimum atomic E-state index is -0.366. The van der Waals surface area contributed by atoms with Crippen LogP contribution in [-0.4, -0.2) is 80.1 Å². The molecule has 2 aliphatic rings. The van der Waals surface area contributed by atoms with Crippen LogP contribution in [0.3, 0.4) is 0 Å². The van der Waals surface area contributed by atoms with Crippen LogP contribution in [0.2, 0.25) is 0 Å². The molecular weight excluding hydrogens is 391 g/mol. The molecular formula is C18H28Cl2N4O3. The maximum Gasteiger partial charge on any atom is 0.253 e. The molecule has 2 fully saturated rings. The Morgan fingerprint density at radius 1 is 1.11 bits per heavy atom. The van der Waals surface area contributed by atoms with E-state index in [9.17, 15) is 9.59 Å². The first kappa shape index (κ1) is 23.7. The molecule has 9 heteroatoms. The number of hydrogen-bond donors (Lipinski definition) is 2. The summed E-state index contributed by atoms with van der Waals surface area (Å²) < 4.78 is 5.53. The van der Waals surface area contributed by atoms with Crippen LogP contribution in [0.25, 0.3) is 0 Å². The monoisotopic (exact) mass is 418 g/mol. The van der Waals surface area contributed by atoms with Crippen molar-refractivity contribution in [2.45, 2.75) is 12.6 Å². The van der Waals surface area contributed by atoms with Gasteiger partial charge in [0.2, 0.25) is 5.91 Å². The molecule has 0 aliphatic carbocycles. The van der Waals surface area contributed by atoms with E-state index >= 15 is 0 Å². The molecule has 2 saturated heterocycles. The van der Waals surface area contributed by atoms with Crippen molar-refractivity contribution in [1.29, 1.82) is 0 Å². The van der Waals surface area contributed by atoms with Gasteiger partial charge >= 0.3 is 0 Å². The smallest absolute Gasteiger partial charge is 0.253 e. The normalized spacial score (nSPS) is 20.1. The molecule has 1 aromatic rings. The second-order valence-corrected chi connectivity index (χ2v) is 6.43. The molecule has 2 aliphatic heterocycles. The molecule has 0 spiro atoms. The lowest BCUT2D eigenvalue weighted by Crippen LogP contribution is -2.56. The van der Waals surface area contributed by atoms with Gasteiger partial charge in [0.05, 0.1) is 13.2 Å². The Kier molecular flexibility index (Phi) is 10.6. The number of amides is 2. The molecule has 0 bridgehead atoms. The van der Waals surface area contributed by atoms with Crippen LogP contribution in [-0.2, 0) is 20.9 Å². The molecule has 0 aromatic heterocycles. The molecule has 2 heterocycles. The SMILES string of the molecule is Cl.Cl.O=C(CN1CCN(C(=O)C2CNCCO2)CC1)NCc1ccccc1. The second-order valence-electron chi connectivity index (χ2n) is 6.43. The van der Waals surface area contributed by atoms with Gasteiger partial charge in [-0.2, -0.15) is 0 Å². The number of carbonyl (C=O) groups excluding carboxylic acids is 2. The summed E-state index contributed by atoms with van der Waals surface area (Å²) in [6.45, 7) is 5.60. The van der Waals surface area contributed by atoms with Gasteiger partial charge in [0.15, 0.2) is 0 Å². The van der Waals surface area contributed by atoms with E-state index in [-0.39, 0.29) is 42.7 Å². The molecule has 1 unspecified atom stereocenters. The first-order chi connectivity index (χ1) is 12.2. The summed E-state index contributed by atoms with van der Waals surface area (Å²) in [5.41, 5.74) is 1.09. The lowest BCUT2D eigenvalue weighted by molar-refractivity contribution is -0.147. The highest BCUT2D eigenvalue weighted by atomic mass is 35.5. The minimum absolute atomic E-state index is 0. The van der Waals surface area contributed by atoms with Crippen LogP contribution in [0.1, 0.15) is 5.56 Å². The maximum atomic E-state index is 12.4. The zero-order valence-corrected chi connectivity index (χ0v) is 16.9. The zero-order valence-electron chi connectivity index (χ0n) is 15.3. The van der Waals surface area contributed by atoms with Gasteiger partial charge in [-0.15, -0.1) is 24.8 Å². The molecule has 152 valence electrons. The Hall–Kier alpha value is -1.38. The number of morpholine rings is 1. The average molecular weight is 419 g/mol. The van der Waals surface area contributed by atoms with E-state index in [1.165, 1.54) is 0 Å². The van der Waals surface area contributed by atoms with Crippen molar-refractivity contribution >= 4 is 36.6 Å². The molecule has 7 nitrogen and oxygen atoms in total. The van der Waals surface area contributed by atoms with Gasteiger partial charge in [-0.05, 0) is 5.56 Å². The molecule has 1 atom stereocenters. The molecule has 3 rings (SSSR count). The Morgan fingerprint density at radius 3 is 2.44 bits per heavy atom. The van der Waals surface area contributed by atoms with Crippen molar-refractivity contribution in [2.75, 3.05) is 52.4 Å². The number of rotatable bonds is 5. The number of carbonyl (C=O) groups is 2. The van der Waals surface area contributed by atoms with Crippen LogP contribution in [0.4, 0.5) is 0 Å². The third kappa shape index (κ3) is 7.27. The van der Waals surface area contributed by atoms with Crippen molar-refractivity contribution in [2.24, 2.45) is 0 Å². The van der Waals surface area contributed by atoms with Crippen molar-refractivity contribution in [1.82, 2.24) is 20.4 Å². The number of piperazine rings is 1. The van der Waals surface area contributed by atoms with Crippen LogP contribution in [0.5, 0.6) is 0 Å². The summed E-state index contributed by atoms with van der Waals surface area (Å²) >= 11 is 0. The first-order valence-electron chi connectivity index (χ1n) is 8.86. The standard InChI is InChI=1S/C18H26N4O3.2ClH/c23-17(20-12-15-4-2-1-3-5-15)14-21-7-9-22(10-8-21)18(24)16-13-19-6-11-25-16;;/h1-5,16,19H,6-14H2,(H,20,23);2*1H. The van der Waals surface area contributed by atoms with E-state index < -0.39 is 0 Å². The summed E-state index contributed by atoms with van der Waals surface area (Å²) in [6.07, 6.45) is -0.366. The number of halogens is 2. The number of hydrogen-bond acceptors (Lipinski definition) is 5. The van der Waals surface area contributed by atoms with Gasteiger partial charge in [0.25, 0.3) is 5.91 Å². The summed E-state index contributed by atoms with van der Waals surface area (Å²) in [5.74, 6) is 0.0730. The largest absolute Gasteiger partial charge is 0.366 e.